The Balaban J connectivity index is 1.97. The van der Waals surface area contributed by atoms with Crippen LogP contribution in [0.3, 0.4) is 0 Å². The smallest absolute Gasteiger partial charge is 0.271 e. The molecule has 2 rings (SSSR count). The van der Waals surface area contributed by atoms with Gasteiger partial charge in [0.2, 0.25) is 0 Å². The summed E-state index contributed by atoms with van der Waals surface area (Å²) < 4.78 is 13.0. The molecule has 0 fully saturated rings. The topological polar surface area (TPSA) is 66.9 Å². The molecule has 1 heterocycles. The Morgan fingerprint density at radius 3 is 2.71 bits per heavy atom. The van der Waals surface area contributed by atoms with Crippen LogP contribution in [-0.2, 0) is 6.54 Å². The zero-order valence-electron chi connectivity index (χ0n) is 11.4. The second-order valence-electron chi connectivity index (χ2n) is 4.27. The van der Waals surface area contributed by atoms with Crippen molar-refractivity contribution >= 4 is 23.3 Å². The van der Waals surface area contributed by atoms with Gasteiger partial charge in [0.25, 0.3) is 5.91 Å². The summed E-state index contributed by atoms with van der Waals surface area (Å²) in [5.41, 5.74) is 1.07. The predicted molar refractivity (Wildman–Crippen MR) is 78.8 cm³/mol. The van der Waals surface area contributed by atoms with Gasteiger partial charge in [-0.1, -0.05) is 17.7 Å². The fourth-order valence-electron chi connectivity index (χ4n) is 1.64. The molecule has 0 spiro atoms. The number of nitrogens with one attached hydrogen (secondary N) is 2. The number of benzene rings is 1. The molecule has 110 valence electrons. The van der Waals surface area contributed by atoms with Gasteiger partial charge in [0.05, 0.1) is 5.02 Å². The Bertz CT molecular complexity index is 633. The van der Waals surface area contributed by atoms with E-state index in [1.54, 1.807) is 24.3 Å². The number of amides is 1. The van der Waals surface area contributed by atoms with Crippen molar-refractivity contribution < 1.29 is 9.18 Å². The Kier molecular flexibility index (Phi) is 5.05. The number of carbonyl (C=O) groups excluding carboxylic acids is 1. The van der Waals surface area contributed by atoms with Gasteiger partial charge in [-0.3, -0.25) is 4.79 Å². The zero-order valence-corrected chi connectivity index (χ0v) is 12.1. The lowest BCUT2D eigenvalue weighted by molar-refractivity contribution is 0.0950. The van der Waals surface area contributed by atoms with Crippen LogP contribution in [0.4, 0.5) is 10.2 Å². The first-order chi connectivity index (χ1) is 10.1. The molecule has 7 heteroatoms. The summed E-state index contributed by atoms with van der Waals surface area (Å²) in [6.07, 6.45) is 0. The number of hydrogen-bond donors (Lipinski definition) is 2. The minimum absolute atomic E-state index is 0.0759. The van der Waals surface area contributed by atoms with Crippen molar-refractivity contribution in [3.63, 3.8) is 0 Å². The first-order valence-corrected chi connectivity index (χ1v) is 6.77. The summed E-state index contributed by atoms with van der Waals surface area (Å²) in [6.45, 7) is 2.79. The maximum atomic E-state index is 13.0. The van der Waals surface area contributed by atoms with E-state index in [2.05, 4.69) is 20.8 Å². The monoisotopic (exact) mass is 308 g/mol. The lowest BCUT2D eigenvalue weighted by atomic mass is 10.2. The van der Waals surface area contributed by atoms with Crippen molar-refractivity contribution in [2.75, 3.05) is 11.9 Å². The molecule has 0 aliphatic rings. The molecule has 0 saturated heterocycles. The van der Waals surface area contributed by atoms with E-state index in [1.807, 2.05) is 6.92 Å². The average molecular weight is 309 g/mol. The van der Waals surface area contributed by atoms with Crippen molar-refractivity contribution in [2.45, 2.75) is 13.5 Å². The van der Waals surface area contributed by atoms with E-state index in [1.165, 1.54) is 6.07 Å². The van der Waals surface area contributed by atoms with Gasteiger partial charge in [0, 0.05) is 13.1 Å². The second kappa shape index (κ2) is 6.99. The molecule has 0 radical (unpaired) electrons. The molecule has 0 aliphatic heterocycles. The summed E-state index contributed by atoms with van der Waals surface area (Å²) in [5, 5.41) is 13.5. The van der Waals surface area contributed by atoms with Crippen molar-refractivity contribution in [1.29, 1.82) is 0 Å². The summed E-state index contributed by atoms with van der Waals surface area (Å²) in [5.74, 6) is -0.197. The van der Waals surface area contributed by atoms with E-state index in [0.717, 1.165) is 5.56 Å². The van der Waals surface area contributed by atoms with Gasteiger partial charge in [-0.25, -0.2) is 4.39 Å². The fourth-order valence-corrected chi connectivity index (χ4v) is 1.84. The molecule has 1 amide bonds. The van der Waals surface area contributed by atoms with Gasteiger partial charge in [-0.2, -0.15) is 0 Å². The molecular weight excluding hydrogens is 295 g/mol. The Morgan fingerprint density at radius 2 is 2.10 bits per heavy atom. The molecule has 0 saturated carbocycles. The Labute approximate surface area is 126 Å². The third kappa shape index (κ3) is 4.13. The number of rotatable bonds is 5. The number of halogens is 2. The van der Waals surface area contributed by atoms with Gasteiger partial charge in [-0.05, 0) is 36.8 Å². The molecule has 2 aromatic rings. The first-order valence-electron chi connectivity index (χ1n) is 6.40. The Hall–Kier alpha value is -2.21. The van der Waals surface area contributed by atoms with Gasteiger partial charge in [0.15, 0.2) is 5.69 Å². The summed E-state index contributed by atoms with van der Waals surface area (Å²) in [4.78, 5) is 11.5. The molecule has 21 heavy (non-hydrogen) atoms. The summed E-state index contributed by atoms with van der Waals surface area (Å²) in [7, 11) is 0. The van der Waals surface area contributed by atoms with E-state index in [9.17, 15) is 9.18 Å². The molecule has 0 atom stereocenters. The van der Waals surface area contributed by atoms with Crippen molar-refractivity contribution in [2.24, 2.45) is 0 Å². The fraction of sp³-hybridized carbons (Fsp3) is 0.214. The molecule has 2 N–H and O–H groups in total. The van der Waals surface area contributed by atoms with Crippen molar-refractivity contribution in [1.82, 2.24) is 15.5 Å². The maximum absolute atomic E-state index is 13.0. The van der Waals surface area contributed by atoms with Crippen LogP contribution in [0.5, 0.6) is 0 Å². The third-order valence-corrected chi connectivity index (χ3v) is 2.98. The summed E-state index contributed by atoms with van der Waals surface area (Å²) in [6, 6.07) is 7.72. The molecule has 0 bridgehead atoms. The average Bonchev–Trinajstić information content (AvgIpc) is 2.49. The highest BCUT2D eigenvalue weighted by molar-refractivity contribution is 6.30. The summed E-state index contributed by atoms with van der Waals surface area (Å²) >= 11 is 5.71. The highest BCUT2D eigenvalue weighted by Crippen LogP contribution is 2.16. The highest BCUT2D eigenvalue weighted by Gasteiger charge is 2.06. The molecule has 0 unspecified atom stereocenters. The van der Waals surface area contributed by atoms with Crippen molar-refractivity contribution in [3.8, 4) is 0 Å². The van der Waals surface area contributed by atoms with E-state index < -0.39 is 5.82 Å². The number of hydrogen-bond acceptors (Lipinski definition) is 4. The van der Waals surface area contributed by atoms with Crippen LogP contribution in [0.25, 0.3) is 0 Å². The second-order valence-corrected chi connectivity index (χ2v) is 4.67. The molecule has 5 nitrogen and oxygen atoms in total. The van der Waals surface area contributed by atoms with E-state index in [-0.39, 0.29) is 16.6 Å². The van der Waals surface area contributed by atoms with Crippen molar-refractivity contribution in [3.05, 3.63) is 52.4 Å². The molecule has 1 aromatic carbocycles. The minimum atomic E-state index is -0.452. The molecule has 1 aromatic heterocycles. The van der Waals surface area contributed by atoms with Crippen LogP contribution in [0.2, 0.25) is 5.02 Å². The third-order valence-electron chi connectivity index (χ3n) is 2.69. The number of anilines is 1. The Morgan fingerprint density at radius 1 is 1.29 bits per heavy atom. The van der Waals surface area contributed by atoms with E-state index >= 15 is 0 Å². The highest BCUT2D eigenvalue weighted by atomic mass is 35.5. The van der Waals surface area contributed by atoms with Gasteiger partial charge in [-0.15, -0.1) is 10.2 Å². The standard InChI is InChI=1S/C14H14ClFN4O/c1-2-17-14(21)12-5-6-13(20-19-12)18-8-9-3-4-11(16)10(15)7-9/h3-7H,2,8H2,1H3,(H,17,21)(H,18,20). The van der Waals surface area contributed by atoms with Crippen LogP contribution in [-0.4, -0.2) is 22.6 Å². The van der Waals surface area contributed by atoms with Gasteiger partial charge < -0.3 is 10.6 Å². The van der Waals surface area contributed by atoms with Crippen LogP contribution < -0.4 is 10.6 Å². The largest absolute Gasteiger partial charge is 0.365 e. The number of carbonyl (C=O) groups is 1. The number of nitrogens with zero attached hydrogens (tertiary/aromatic N) is 2. The zero-order chi connectivity index (χ0) is 15.2. The van der Waals surface area contributed by atoms with Crippen LogP contribution in [0.15, 0.2) is 30.3 Å². The quantitative estimate of drug-likeness (QED) is 0.891. The normalized spacial score (nSPS) is 10.2. The number of aromatic nitrogens is 2. The van der Waals surface area contributed by atoms with Crippen LogP contribution in [0, 0.1) is 5.82 Å². The van der Waals surface area contributed by atoms with E-state index in [4.69, 9.17) is 11.6 Å². The lowest BCUT2D eigenvalue weighted by Gasteiger charge is -2.06. The van der Waals surface area contributed by atoms with Gasteiger partial charge in [0.1, 0.15) is 11.6 Å². The molecular formula is C14H14ClFN4O. The predicted octanol–water partition coefficient (Wildman–Crippen LogP) is 2.63. The van der Waals surface area contributed by atoms with Crippen LogP contribution in [0.1, 0.15) is 23.0 Å². The minimum Gasteiger partial charge on any atom is -0.365 e. The van der Waals surface area contributed by atoms with Gasteiger partial charge >= 0.3 is 0 Å². The van der Waals surface area contributed by atoms with E-state index in [0.29, 0.717) is 18.9 Å². The molecule has 0 aliphatic carbocycles. The first kappa shape index (κ1) is 15.2. The lowest BCUT2D eigenvalue weighted by Crippen LogP contribution is -2.24. The van der Waals surface area contributed by atoms with Crippen LogP contribution >= 0.6 is 11.6 Å². The SMILES string of the molecule is CCNC(=O)c1ccc(NCc2ccc(F)c(Cl)c2)nn1. The maximum Gasteiger partial charge on any atom is 0.271 e.